The van der Waals surface area contributed by atoms with Gasteiger partial charge in [0, 0.05) is 23.6 Å². The molecule has 2 N–H and O–H groups in total. The third kappa shape index (κ3) is 6.24. The molecule has 1 amide bonds. The van der Waals surface area contributed by atoms with E-state index in [2.05, 4.69) is 5.32 Å². The Balaban J connectivity index is 2.15. The fraction of sp³-hybridized carbons (Fsp3) is 0.333. The number of carbonyl (C=O) groups excluding carboxylic acids is 1. The molecule has 0 unspecified atom stereocenters. The first kappa shape index (κ1) is 14.5. The maximum Gasteiger partial charge on any atom is 0.305 e. The minimum Gasteiger partial charge on any atom is -0.481 e. The van der Waals surface area contributed by atoms with E-state index in [-0.39, 0.29) is 24.7 Å². The number of nitrogens with one attached hydrogen (secondary N) is 1. The summed E-state index contributed by atoms with van der Waals surface area (Å²) in [6, 6.07) is 6.05. The summed E-state index contributed by atoms with van der Waals surface area (Å²) in [5.74, 6) is -0.822. The average molecular weight is 271 g/mol. The molecule has 98 valence electrons. The van der Waals surface area contributed by atoms with Gasteiger partial charge in [0.25, 0.3) is 0 Å². The summed E-state index contributed by atoms with van der Waals surface area (Å²) < 4.78 is 12.6. The highest BCUT2D eigenvalue weighted by atomic mass is 32.2. The van der Waals surface area contributed by atoms with Crippen LogP contribution in [0.2, 0.25) is 0 Å². The fourth-order valence-corrected chi connectivity index (χ4v) is 2.04. The molecule has 0 aliphatic heterocycles. The number of rotatable bonds is 7. The Hall–Kier alpha value is -1.56. The van der Waals surface area contributed by atoms with Crippen molar-refractivity contribution in [3.05, 3.63) is 30.1 Å². The quantitative estimate of drug-likeness (QED) is 0.743. The third-order valence-corrected chi connectivity index (χ3v) is 3.09. The lowest BCUT2D eigenvalue weighted by Crippen LogP contribution is -2.26. The van der Waals surface area contributed by atoms with Crippen molar-refractivity contribution in [1.82, 2.24) is 5.32 Å². The maximum absolute atomic E-state index is 12.6. The zero-order valence-corrected chi connectivity index (χ0v) is 10.5. The van der Waals surface area contributed by atoms with Gasteiger partial charge in [-0.1, -0.05) is 0 Å². The monoisotopic (exact) mass is 271 g/mol. The normalized spacial score (nSPS) is 10.1. The zero-order chi connectivity index (χ0) is 13.4. The molecule has 1 rings (SSSR count). The van der Waals surface area contributed by atoms with Crippen LogP contribution in [0.15, 0.2) is 29.2 Å². The van der Waals surface area contributed by atoms with Crippen LogP contribution in [0.5, 0.6) is 0 Å². The van der Waals surface area contributed by atoms with Crippen molar-refractivity contribution < 1.29 is 19.1 Å². The van der Waals surface area contributed by atoms with Gasteiger partial charge < -0.3 is 10.4 Å². The van der Waals surface area contributed by atoms with Gasteiger partial charge in [0.05, 0.1) is 6.42 Å². The molecule has 0 atom stereocenters. The smallest absolute Gasteiger partial charge is 0.305 e. The number of benzene rings is 1. The van der Waals surface area contributed by atoms with E-state index in [4.69, 9.17) is 5.11 Å². The van der Waals surface area contributed by atoms with Gasteiger partial charge in [0.2, 0.25) is 5.91 Å². The van der Waals surface area contributed by atoms with E-state index in [9.17, 15) is 14.0 Å². The van der Waals surface area contributed by atoms with Crippen molar-refractivity contribution in [2.24, 2.45) is 0 Å². The number of halogens is 1. The van der Waals surface area contributed by atoms with Gasteiger partial charge in [-0.2, -0.15) is 0 Å². The molecule has 6 heteroatoms. The average Bonchev–Trinajstić information content (AvgIpc) is 2.31. The van der Waals surface area contributed by atoms with E-state index in [0.29, 0.717) is 12.2 Å². The maximum atomic E-state index is 12.6. The molecular formula is C12H14FNO3S. The largest absolute Gasteiger partial charge is 0.481 e. The Morgan fingerprint density at radius 2 is 1.89 bits per heavy atom. The number of carboxylic acid groups (broad SMARTS) is 1. The van der Waals surface area contributed by atoms with E-state index >= 15 is 0 Å². The lowest BCUT2D eigenvalue weighted by Gasteiger charge is -2.03. The number of carboxylic acids is 1. The second kappa shape index (κ2) is 7.71. The van der Waals surface area contributed by atoms with Crippen LogP contribution in [0.1, 0.15) is 12.8 Å². The predicted octanol–water partition coefficient (Wildman–Crippen LogP) is 1.90. The van der Waals surface area contributed by atoms with Gasteiger partial charge in [0.1, 0.15) is 5.82 Å². The summed E-state index contributed by atoms with van der Waals surface area (Å²) in [6.45, 7) is 0.148. The molecule has 0 spiro atoms. The van der Waals surface area contributed by atoms with E-state index < -0.39 is 5.97 Å². The molecule has 0 heterocycles. The van der Waals surface area contributed by atoms with Crippen molar-refractivity contribution in [2.75, 3.05) is 12.3 Å². The van der Waals surface area contributed by atoms with E-state index in [1.54, 1.807) is 12.1 Å². The van der Waals surface area contributed by atoms with Gasteiger partial charge in [-0.15, -0.1) is 11.8 Å². The molecule has 0 fully saturated rings. The predicted molar refractivity (Wildman–Crippen MR) is 67.0 cm³/mol. The van der Waals surface area contributed by atoms with Crippen LogP contribution in [0.3, 0.4) is 0 Å². The Bertz CT molecular complexity index is 408. The van der Waals surface area contributed by atoms with Gasteiger partial charge >= 0.3 is 5.97 Å². The second-order valence-electron chi connectivity index (χ2n) is 3.55. The Morgan fingerprint density at radius 3 is 2.50 bits per heavy atom. The Labute approximate surface area is 109 Å². The van der Waals surface area contributed by atoms with Gasteiger partial charge in [-0.25, -0.2) is 4.39 Å². The van der Waals surface area contributed by atoms with Crippen molar-refractivity contribution in [1.29, 1.82) is 0 Å². The van der Waals surface area contributed by atoms with E-state index in [0.717, 1.165) is 4.90 Å². The van der Waals surface area contributed by atoms with Gasteiger partial charge in [-0.05, 0) is 24.3 Å². The molecule has 0 aliphatic carbocycles. The van der Waals surface area contributed by atoms with E-state index in [1.807, 2.05) is 0 Å². The van der Waals surface area contributed by atoms with Crippen molar-refractivity contribution >= 4 is 23.6 Å². The number of thioether (sulfide) groups is 1. The first-order valence-electron chi connectivity index (χ1n) is 5.45. The van der Waals surface area contributed by atoms with Crippen molar-refractivity contribution in [3.8, 4) is 0 Å². The summed E-state index contributed by atoms with van der Waals surface area (Å²) in [5, 5.41) is 10.9. The zero-order valence-electron chi connectivity index (χ0n) is 9.69. The highest BCUT2D eigenvalue weighted by molar-refractivity contribution is 7.99. The van der Waals surface area contributed by atoms with Crippen LogP contribution >= 0.6 is 11.8 Å². The Kier molecular flexibility index (Phi) is 6.21. The van der Waals surface area contributed by atoms with Crippen LogP contribution in [-0.4, -0.2) is 29.3 Å². The topological polar surface area (TPSA) is 66.4 Å². The second-order valence-corrected chi connectivity index (χ2v) is 4.71. The number of aliphatic carboxylic acids is 1. The SMILES string of the molecule is O=C(O)CCNC(=O)CCSc1ccc(F)cc1. The van der Waals surface area contributed by atoms with Crippen molar-refractivity contribution in [3.63, 3.8) is 0 Å². The molecule has 1 aromatic carbocycles. The van der Waals surface area contributed by atoms with Gasteiger partial charge in [0.15, 0.2) is 0 Å². The lowest BCUT2D eigenvalue weighted by atomic mass is 10.3. The summed E-state index contributed by atoms with van der Waals surface area (Å²) in [4.78, 5) is 22.4. The Morgan fingerprint density at radius 1 is 1.22 bits per heavy atom. The summed E-state index contributed by atoms with van der Waals surface area (Å²) >= 11 is 1.45. The summed E-state index contributed by atoms with van der Waals surface area (Å²) in [6.07, 6.45) is 0.235. The number of carbonyl (C=O) groups is 2. The number of amides is 1. The van der Waals surface area contributed by atoms with E-state index in [1.165, 1.54) is 23.9 Å². The number of hydrogen-bond acceptors (Lipinski definition) is 3. The molecule has 0 saturated carbocycles. The molecule has 0 aliphatic rings. The fourth-order valence-electron chi connectivity index (χ4n) is 1.19. The molecule has 1 aromatic rings. The summed E-state index contributed by atoms with van der Waals surface area (Å²) in [5.41, 5.74) is 0. The molecular weight excluding hydrogens is 257 g/mol. The minimum atomic E-state index is -0.934. The lowest BCUT2D eigenvalue weighted by molar-refractivity contribution is -0.136. The summed E-state index contributed by atoms with van der Waals surface area (Å²) in [7, 11) is 0. The molecule has 0 radical (unpaired) electrons. The highest BCUT2D eigenvalue weighted by Gasteiger charge is 2.03. The van der Waals surface area contributed by atoms with Crippen molar-refractivity contribution in [2.45, 2.75) is 17.7 Å². The molecule has 18 heavy (non-hydrogen) atoms. The third-order valence-electron chi connectivity index (χ3n) is 2.07. The molecule has 0 bridgehead atoms. The van der Waals surface area contributed by atoms with Crippen LogP contribution in [0.25, 0.3) is 0 Å². The first-order valence-corrected chi connectivity index (χ1v) is 6.43. The van der Waals surface area contributed by atoms with Crippen LogP contribution in [0, 0.1) is 5.82 Å². The van der Waals surface area contributed by atoms with Crippen LogP contribution < -0.4 is 5.32 Å². The van der Waals surface area contributed by atoms with Crippen LogP contribution in [0.4, 0.5) is 4.39 Å². The standard InChI is InChI=1S/C12H14FNO3S/c13-9-1-3-10(4-2-9)18-8-6-11(15)14-7-5-12(16)17/h1-4H,5-8H2,(H,14,15)(H,16,17). The van der Waals surface area contributed by atoms with Gasteiger partial charge in [-0.3, -0.25) is 9.59 Å². The minimum absolute atomic E-state index is 0.0726. The molecule has 0 aromatic heterocycles. The number of hydrogen-bond donors (Lipinski definition) is 2. The highest BCUT2D eigenvalue weighted by Crippen LogP contribution is 2.18. The molecule has 4 nitrogen and oxygen atoms in total. The molecule has 0 saturated heterocycles. The van der Waals surface area contributed by atoms with Crippen LogP contribution in [-0.2, 0) is 9.59 Å². The first-order chi connectivity index (χ1) is 8.58.